The molecule has 0 aromatic heterocycles. The van der Waals surface area contributed by atoms with E-state index in [1.54, 1.807) is 36.4 Å². The zero-order chi connectivity index (χ0) is 19.9. The Labute approximate surface area is 160 Å². The number of hydrogen-bond donors (Lipinski definition) is 2. The highest BCUT2D eigenvalue weighted by atomic mass is 19.1. The van der Waals surface area contributed by atoms with Gasteiger partial charge in [-0.05, 0) is 38.5 Å². The summed E-state index contributed by atoms with van der Waals surface area (Å²) in [7, 11) is 0. The Hall–Kier alpha value is -2.08. The number of hydrogen-bond acceptors (Lipinski definition) is 4. The molecule has 0 aliphatic heterocycles. The summed E-state index contributed by atoms with van der Waals surface area (Å²) in [5.41, 5.74) is 1.08. The Morgan fingerprint density at radius 3 is 2.48 bits per heavy atom. The molecule has 2 aromatic rings. The van der Waals surface area contributed by atoms with Crippen molar-refractivity contribution in [2.45, 2.75) is 44.9 Å². The second-order valence-corrected chi connectivity index (χ2v) is 7.67. The molecule has 0 saturated carbocycles. The lowest BCUT2D eigenvalue weighted by molar-refractivity contribution is -0.00328. The summed E-state index contributed by atoms with van der Waals surface area (Å²) in [6.45, 7) is 6.39. The van der Waals surface area contributed by atoms with Crippen LogP contribution >= 0.6 is 0 Å². The molecular weight excluding hydrogens is 345 g/mol. The molecule has 0 bridgehead atoms. The van der Waals surface area contributed by atoms with Crippen LogP contribution in [0.4, 0.5) is 4.39 Å². The fraction of sp³-hybridized carbons (Fsp3) is 0.409. The predicted molar refractivity (Wildman–Crippen MR) is 104 cm³/mol. The Morgan fingerprint density at radius 1 is 1.15 bits per heavy atom. The maximum absolute atomic E-state index is 13.5. The quantitative estimate of drug-likeness (QED) is 0.662. The molecule has 2 rings (SSSR count). The third kappa shape index (κ3) is 7.59. The van der Waals surface area contributed by atoms with E-state index in [4.69, 9.17) is 4.74 Å². The van der Waals surface area contributed by atoms with E-state index in [1.807, 2.05) is 26.8 Å². The molecule has 0 spiro atoms. The smallest absolute Gasteiger partial charge is 0.191 e. The molecular formula is C22H28FNO3. The van der Waals surface area contributed by atoms with Crippen LogP contribution < -0.4 is 5.32 Å². The Kier molecular flexibility index (Phi) is 7.66. The lowest BCUT2D eigenvalue weighted by Gasteiger charge is -2.24. The van der Waals surface area contributed by atoms with Gasteiger partial charge in [0.2, 0.25) is 0 Å². The van der Waals surface area contributed by atoms with Gasteiger partial charge in [-0.15, -0.1) is 0 Å². The monoisotopic (exact) mass is 373 g/mol. The van der Waals surface area contributed by atoms with Gasteiger partial charge in [-0.2, -0.15) is 0 Å². The first kappa shape index (κ1) is 21.2. The second-order valence-electron chi connectivity index (χ2n) is 7.67. The molecule has 0 amide bonds. The maximum atomic E-state index is 13.5. The molecule has 0 aliphatic rings. The summed E-state index contributed by atoms with van der Waals surface area (Å²) >= 11 is 0. The number of nitrogens with one attached hydrogen (secondary N) is 1. The lowest BCUT2D eigenvalue weighted by Crippen LogP contribution is -2.43. The molecule has 2 N–H and O–H groups in total. The van der Waals surface area contributed by atoms with Gasteiger partial charge in [0.15, 0.2) is 5.78 Å². The molecule has 0 fully saturated rings. The second kappa shape index (κ2) is 9.74. The van der Waals surface area contributed by atoms with Gasteiger partial charge < -0.3 is 15.2 Å². The van der Waals surface area contributed by atoms with Gasteiger partial charge in [0.05, 0.1) is 12.7 Å². The van der Waals surface area contributed by atoms with Crippen LogP contribution in [0.5, 0.6) is 0 Å². The number of aliphatic hydroxyl groups excluding tert-OH is 1. The minimum Gasteiger partial charge on any atom is -0.389 e. The van der Waals surface area contributed by atoms with Crippen molar-refractivity contribution in [3.05, 3.63) is 71.5 Å². The third-order valence-electron chi connectivity index (χ3n) is 4.02. The average Bonchev–Trinajstić information content (AvgIpc) is 2.63. The largest absolute Gasteiger partial charge is 0.389 e. The van der Waals surface area contributed by atoms with Crippen molar-refractivity contribution in [1.82, 2.24) is 5.32 Å². The molecule has 146 valence electrons. The molecule has 2 unspecified atom stereocenters. The number of rotatable bonds is 9. The average molecular weight is 373 g/mol. The van der Waals surface area contributed by atoms with Crippen LogP contribution in [0.1, 0.15) is 36.7 Å². The highest BCUT2D eigenvalue weighted by Crippen LogP contribution is 2.14. The van der Waals surface area contributed by atoms with Crippen LogP contribution in [0, 0.1) is 5.82 Å². The van der Waals surface area contributed by atoms with E-state index in [-0.39, 0.29) is 30.2 Å². The van der Waals surface area contributed by atoms with E-state index in [2.05, 4.69) is 5.32 Å². The van der Waals surface area contributed by atoms with E-state index in [1.165, 1.54) is 12.1 Å². The molecule has 0 heterocycles. The van der Waals surface area contributed by atoms with Crippen molar-refractivity contribution >= 4 is 5.78 Å². The van der Waals surface area contributed by atoms with Gasteiger partial charge in [-0.1, -0.05) is 42.5 Å². The Morgan fingerprint density at radius 2 is 1.85 bits per heavy atom. The SMILES string of the molecule is CC(C)(C)NCC(O)COC(Cc1cccc(F)c1)C(=O)c1ccccc1. The fourth-order valence-electron chi connectivity index (χ4n) is 2.60. The lowest BCUT2D eigenvalue weighted by atomic mass is 9.99. The van der Waals surface area contributed by atoms with Crippen LogP contribution in [0.25, 0.3) is 0 Å². The first-order valence-electron chi connectivity index (χ1n) is 9.13. The molecule has 2 aromatic carbocycles. The third-order valence-corrected chi connectivity index (χ3v) is 4.02. The normalized spacial score (nSPS) is 14.0. The van der Waals surface area contributed by atoms with Crippen molar-refractivity contribution in [1.29, 1.82) is 0 Å². The molecule has 4 nitrogen and oxygen atoms in total. The first-order valence-corrected chi connectivity index (χ1v) is 9.13. The van der Waals surface area contributed by atoms with E-state index >= 15 is 0 Å². The van der Waals surface area contributed by atoms with E-state index < -0.39 is 12.2 Å². The standard InChI is InChI=1S/C22H28FNO3/c1-22(2,3)24-14-19(25)15-27-20(13-16-8-7-11-18(23)12-16)21(26)17-9-5-4-6-10-17/h4-12,19-20,24-25H,13-15H2,1-3H3. The minimum atomic E-state index is -0.793. The predicted octanol–water partition coefficient (Wildman–Crippen LogP) is 3.39. The number of carbonyl (C=O) groups excluding carboxylic acids is 1. The first-order chi connectivity index (χ1) is 12.7. The number of aliphatic hydroxyl groups is 1. The number of benzene rings is 2. The van der Waals surface area contributed by atoms with Crippen molar-refractivity contribution < 1.29 is 19.0 Å². The summed E-state index contributed by atoms with van der Waals surface area (Å²) in [6.07, 6.45) is -1.30. The van der Waals surface area contributed by atoms with Crippen LogP contribution in [-0.2, 0) is 11.2 Å². The van der Waals surface area contributed by atoms with Gasteiger partial charge in [-0.3, -0.25) is 4.79 Å². The molecule has 2 atom stereocenters. The number of Topliss-reactive ketones (excluding diaryl/α,β-unsaturated/α-hetero) is 1. The number of ketones is 1. The topological polar surface area (TPSA) is 58.6 Å². The minimum absolute atomic E-state index is 0.0155. The summed E-state index contributed by atoms with van der Waals surface area (Å²) in [5, 5.41) is 13.4. The van der Waals surface area contributed by atoms with Crippen LogP contribution in [-0.4, -0.2) is 41.8 Å². The van der Waals surface area contributed by atoms with Gasteiger partial charge in [0.1, 0.15) is 11.9 Å². The van der Waals surface area contributed by atoms with Gasteiger partial charge in [0, 0.05) is 24.1 Å². The number of halogens is 1. The summed E-state index contributed by atoms with van der Waals surface area (Å²) in [6, 6.07) is 15.0. The zero-order valence-electron chi connectivity index (χ0n) is 16.1. The number of carbonyl (C=O) groups is 1. The van der Waals surface area contributed by atoms with Gasteiger partial charge in [-0.25, -0.2) is 4.39 Å². The van der Waals surface area contributed by atoms with Crippen molar-refractivity contribution in [2.75, 3.05) is 13.2 Å². The van der Waals surface area contributed by atoms with E-state index in [0.717, 1.165) is 0 Å². The van der Waals surface area contributed by atoms with Crippen molar-refractivity contribution in [2.24, 2.45) is 0 Å². The number of β-amino-alcohol motifs (C(OH)–C–C–N with tert-alkyl or cyclic N) is 1. The summed E-state index contributed by atoms with van der Waals surface area (Å²) in [4.78, 5) is 12.8. The molecule has 5 heteroatoms. The van der Waals surface area contributed by atoms with Crippen molar-refractivity contribution in [3.8, 4) is 0 Å². The fourth-order valence-corrected chi connectivity index (χ4v) is 2.60. The van der Waals surface area contributed by atoms with Gasteiger partial charge >= 0.3 is 0 Å². The highest BCUT2D eigenvalue weighted by Gasteiger charge is 2.23. The van der Waals surface area contributed by atoms with Crippen LogP contribution in [0.3, 0.4) is 0 Å². The Balaban J connectivity index is 2.06. The van der Waals surface area contributed by atoms with Crippen molar-refractivity contribution in [3.63, 3.8) is 0 Å². The van der Waals surface area contributed by atoms with Crippen LogP contribution in [0.15, 0.2) is 54.6 Å². The maximum Gasteiger partial charge on any atom is 0.191 e. The Bertz CT molecular complexity index is 728. The highest BCUT2D eigenvalue weighted by molar-refractivity contribution is 5.99. The summed E-state index contributed by atoms with van der Waals surface area (Å²) in [5.74, 6) is -0.538. The van der Waals surface area contributed by atoms with Crippen LogP contribution in [0.2, 0.25) is 0 Å². The molecule has 27 heavy (non-hydrogen) atoms. The molecule has 0 radical (unpaired) electrons. The zero-order valence-corrected chi connectivity index (χ0v) is 16.1. The molecule has 0 aliphatic carbocycles. The van der Waals surface area contributed by atoms with E-state index in [9.17, 15) is 14.3 Å². The van der Waals surface area contributed by atoms with E-state index in [0.29, 0.717) is 17.7 Å². The van der Waals surface area contributed by atoms with Gasteiger partial charge in [0.25, 0.3) is 0 Å². The molecule has 0 saturated heterocycles. The summed E-state index contributed by atoms with van der Waals surface area (Å²) < 4.78 is 19.3. The number of ether oxygens (including phenoxy) is 1.